The summed E-state index contributed by atoms with van der Waals surface area (Å²) in [6, 6.07) is 14.9. The molecule has 2 aromatic heterocycles. The van der Waals surface area contributed by atoms with Crippen LogP contribution in [0.3, 0.4) is 0 Å². The van der Waals surface area contributed by atoms with E-state index < -0.39 is 0 Å². The van der Waals surface area contributed by atoms with Crippen molar-refractivity contribution in [2.24, 2.45) is 0 Å². The molecule has 2 heterocycles. The Balaban J connectivity index is 1.44. The highest BCUT2D eigenvalue weighted by Gasteiger charge is 2.08. The van der Waals surface area contributed by atoms with Crippen molar-refractivity contribution in [3.63, 3.8) is 0 Å². The second kappa shape index (κ2) is 7.20. The minimum atomic E-state index is -0.351. The van der Waals surface area contributed by atoms with Gasteiger partial charge in [0.2, 0.25) is 5.13 Å². The summed E-state index contributed by atoms with van der Waals surface area (Å²) in [6.45, 7) is 4.23. The van der Waals surface area contributed by atoms with Crippen LogP contribution in [0.15, 0.2) is 57.7 Å². The smallest absolute Gasteiger partial charge is 0.336 e. The standard InChI is InChI=1S/C20H17N3O3S/c1-12-3-5-14(6-4-12)21-20-23-22-18(27-20)11-25-15-7-8-17-16(10-15)13(2)9-19(24)26-17/h3-10H,11H2,1-2H3,(H,21,23). The lowest BCUT2D eigenvalue weighted by molar-refractivity contribution is 0.305. The first-order chi connectivity index (χ1) is 13.1. The van der Waals surface area contributed by atoms with E-state index in [1.165, 1.54) is 23.0 Å². The summed E-state index contributed by atoms with van der Waals surface area (Å²) in [5, 5.41) is 13.9. The average molecular weight is 379 g/mol. The zero-order valence-electron chi connectivity index (χ0n) is 14.9. The predicted octanol–water partition coefficient (Wildman–Crippen LogP) is 4.58. The van der Waals surface area contributed by atoms with Crippen LogP contribution < -0.4 is 15.7 Å². The van der Waals surface area contributed by atoms with Crippen molar-refractivity contribution in [3.05, 3.63) is 75.1 Å². The van der Waals surface area contributed by atoms with Crippen molar-refractivity contribution in [2.75, 3.05) is 5.32 Å². The fourth-order valence-corrected chi connectivity index (χ4v) is 3.33. The number of hydrogen-bond donors (Lipinski definition) is 1. The third-order valence-corrected chi connectivity index (χ3v) is 4.86. The first-order valence-electron chi connectivity index (χ1n) is 8.40. The maximum atomic E-state index is 11.4. The fourth-order valence-electron chi connectivity index (χ4n) is 2.66. The van der Waals surface area contributed by atoms with Gasteiger partial charge in [-0.15, -0.1) is 10.2 Å². The summed E-state index contributed by atoms with van der Waals surface area (Å²) >= 11 is 1.44. The number of anilines is 2. The minimum absolute atomic E-state index is 0.314. The van der Waals surface area contributed by atoms with Gasteiger partial charge in [-0.2, -0.15) is 0 Å². The fraction of sp³-hybridized carbons (Fsp3) is 0.150. The molecule has 0 saturated carbocycles. The van der Waals surface area contributed by atoms with E-state index in [1.807, 2.05) is 44.2 Å². The highest BCUT2D eigenvalue weighted by atomic mass is 32.1. The van der Waals surface area contributed by atoms with E-state index in [2.05, 4.69) is 15.5 Å². The Morgan fingerprint density at radius 1 is 1.07 bits per heavy atom. The first kappa shape index (κ1) is 17.2. The van der Waals surface area contributed by atoms with Gasteiger partial charge >= 0.3 is 5.63 Å². The van der Waals surface area contributed by atoms with Crippen LogP contribution in [-0.2, 0) is 6.61 Å². The van der Waals surface area contributed by atoms with E-state index in [9.17, 15) is 4.79 Å². The third kappa shape index (κ3) is 3.98. The Hall–Kier alpha value is -3.19. The molecule has 4 rings (SSSR count). The van der Waals surface area contributed by atoms with Crippen molar-refractivity contribution in [2.45, 2.75) is 20.5 Å². The monoisotopic (exact) mass is 379 g/mol. The van der Waals surface area contributed by atoms with Crippen LogP contribution in [0.25, 0.3) is 11.0 Å². The lowest BCUT2D eigenvalue weighted by atomic mass is 10.1. The molecular formula is C20H17N3O3S. The van der Waals surface area contributed by atoms with E-state index in [0.29, 0.717) is 23.1 Å². The number of rotatable bonds is 5. The van der Waals surface area contributed by atoms with Crippen LogP contribution in [0.1, 0.15) is 16.1 Å². The summed E-state index contributed by atoms with van der Waals surface area (Å²) in [5.41, 5.74) is 3.23. The molecular weight excluding hydrogens is 362 g/mol. The Bertz CT molecular complexity index is 1150. The van der Waals surface area contributed by atoms with Gasteiger partial charge in [-0.3, -0.25) is 0 Å². The molecule has 2 aromatic carbocycles. The predicted molar refractivity (Wildman–Crippen MR) is 106 cm³/mol. The number of aromatic nitrogens is 2. The molecule has 27 heavy (non-hydrogen) atoms. The summed E-state index contributed by atoms with van der Waals surface area (Å²) in [7, 11) is 0. The molecule has 0 aliphatic rings. The molecule has 0 atom stereocenters. The molecule has 0 aliphatic carbocycles. The van der Waals surface area contributed by atoms with Gasteiger partial charge in [0.1, 0.15) is 17.9 Å². The Morgan fingerprint density at radius 3 is 2.70 bits per heavy atom. The number of nitrogens with zero attached hydrogens (tertiary/aromatic N) is 2. The summed E-state index contributed by atoms with van der Waals surface area (Å²) in [5.74, 6) is 0.683. The van der Waals surface area contributed by atoms with Crippen LogP contribution >= 0.6 is 11.3 Å². The van der Waals surface area contributed by atoms with E-state index in [-0.39, 0.29) is 5.63 Å². The molecule has 0 fully saturated rings. The number of benzene rings is 2. The lowest BCUT2D eigenvalue weighted by Crippen LogP contribution is -1.99. The van der Waals surface area contributed by atoms with Crippen molar-refractivity contribution < 1.29 is 9.15 Å². The molecule has 0 spiro atoms. The van der Waals surface area contributed by atoms with Gasteiger partial charge in [-0.25, -0.2) is 4.79 Å². The maximum absolute atomic E-state index is 11.4. The molecule has 7 heteroatoms. The molecule has 6 nitrogen and oxygen atoms in total. The number of fused-ring (bicyclic) bond motifs is 1. The Kier molecular flexibility index (Phi) is 4.60. The van der Waals surface area contributed by atoms with Crippen LogP contribution in [0, 0.1) is 13.8 Å². The molecule has 0 unspecified atom stereocenters. The lowest BCUT2D eigenvalue weighted by Gasteiger charge is -2.06. The molecule has 4 aromatic rings. The topological polar surface area (TPSA) is 77.2 Å². The van der Waals surface area contributed by atoms with Gasteiger partial charge in [0.15, 0.2) is 5.01 Å². The highest BCUT2D eigenvalue weighted by Crippen LogP contribution is 2.25. The van der Waals surface area contributed by atoms with E-state index in [0.717, 1.165) is 21.6 Å². The van der Waals surface area contributed by atoms with Crippen molar-refractivity contribution in [1.82, 2.24) is 10.2 Å². The number of hydrogen-bond acceptors (Lipinski definition) is 7. The Morgan fingerprint density at radius 2 is 1.89 bits per heavy atom. The van der Waals surface area contributed by atoms with Crippen molar-refractivity contribution in [1.29, 1.82) is 0 Å². The average Bonchev–Trinajstić information content (AvgIpc) is 3.09. The molecule has 0 bridgehead atoms. The zero-order valence-corrected chi connectivity index (χ0v) is 15.7. The molecule has 136 valence electrons. The SMILES string of the molecule is Cc1ccc(Nc2nnc(COc3ccc4oc(=O)cc(C)c4c3)s2)cc1. The molecule has 1 N–H and O–H groups in total. The van der Waals surface area contributed by atoms with Gasteiger partial charge in [-0.05, 0) is 49.7 Å². The highest BCUT2D eigenvalue weighted by molar-refractivity contribution is 7.15. The van der Waals surface area contributed by atoms with Crippen LogP contribution in [-0.4, -0.2) is 10.2 Å². The molecule has 0 amide bonds. The molecule has 0 radical (unpaired) electrons. The Labute approximate surface area is 159 Å². The zero-order chi connectivity index (χ0) is 18.8. The summed E-state index contributed by atoms with van der Waals surface area (Å²) in [6.07, 6.45) is 0. The maximum Gasteiger partial charge on any atom is 0.336 e. The number of ether oxygens (including phenoxy) is 1. The minimum Gasteiger partial charge on any atom is -0.486 e. The van der Waals surface area contributed by atoms with Gasteiger partial charge in [-0.1, -0.05) is 29.0 Å². The van der Waals surface area contributed by atoms with E-state index >= 15 is 0 Å². The van der Waals surface area contributed by atoms with E-state index in [1.54, 1.807) is 12.1 Å². The normalized spacial score (nSPS) is 10.9. The number of aryl methyl sites for hydroxylation is 2. The second-order valence-electron chi connectivity index (χ2n) is 6.19. The van der Waals surface area contributed by atoms with Gasteiger partial charge in [0.05, 0.1) is 0 Å². The summed E-state index contributed by atoms with van der Waals surface area (Å²) in [4.78, 5) is 11.4. The molecule has 0 aliphatic heterocycles. The van der Waals surface area contributed by atoms with Crippen LogP contribution in [0.5, 0.6) is 5.75 Å². The van der Waals surface area contributed by atoms with Gasteiger partial charge in [0, 0.05) is 17.1 Å². The quantitative estimate of drug-likeness (QED) is 0.511. The van der Waals surface area contributed by atoms with Crippen LogP contribution in [0.4, 0.5) is 10.8 Å². The third-order valence-electron chi connectivity index (χ3n) is 4.05. The van der Waals surface area contributed by atoms with Gasteiger partial charge < -0.3 is 14.5 Å². The van der Waals surface area contributed by atoms with Gasteiger partial charge in [0.25, 0.3) is 0 Å². The van der Waals surface area contributed by atoms with E-state index in [4.69, 9.17) is 9.15 Å². The largest absolute Gasteiger partial charge is 0.486 e. The summed E-state index contributed by atoms with van der Waals surface area (Å²) < 4.78 is 11.0. The van der Waals surface area contributed by atoms with Crippen molar-refractivity contribution >= 4 is 33.1 Å². The first-order valence-corrected chi connectivity index (χ1v) is 9.22. The van der Waals surface area contributed by atoms with Crippen molar-refractivity contribution in [3.8, 4) is 5.75 Å². The second-order valence-corrected chi connectivity index (χ2v) is 7.25. The number of nitrogens with one attached hydrogen (secondary N) is 1. The molecule has 0 saturated heterocycles. The van der Waals surface area contributed by atoms with Crippen LogP contribution in [0.2, 0.25) is 0 Å².